The van der Waals surface area contributed by atoms with Gasteiger partial charge in [0.25, 0.3) is 0 Å². The second-order valence-corrected chi connectivity index (χ2v) is 12.6. The summed E-state index contributed by atoms with van der Waals surface area (Å²) in [6.07, 6.45) is 0. The first-order chi connectivity index (χ1) is 23.2. The van der Waals surface area contributed by atoms with Gasteiger partial charge in [-0.05, 0) is 97.2 Å². The summed E-state index contributed by atoms with van der Waals surface area (Å²) >= 11 is 0. The number of anilines is 2. The fourth-order valence-electron chi connectivity index (χ4n) is 7.48. The molecule has 0 aromatic heterocycles. The van der Waals surface area contributed by atoms with Crippen molar-refractivity contribution in [1.29, 1.82) is 0 Å². The molecule has 0 N–H and O–H groups in total. The molecule has 0 amide bonds. The number of benzene rings is 8. The molecule has 0 bridgehead atoms. The van der Waals surface area contributed by atoms with Crippen LogP contribution in [0.25, 0.3) is 66.1 Å². The molecule has 47 heavy (non-hydrogen) atoms. The Hall–Kier alpha value is -5.92. The zero-order valence-corrected chi connectivity index (χ0v) is 26.3. The minimum Gasteiger partial charge on any atom is -0.336 e. The van der Waals surface area contributed by atoms with Crippen molar-refractivity contribution in [3.63, 3.8) is 0 Å². The highest BCUT2D eigenvalue weighted by Crippen LogP contribution is 2.48. The fourth-order valence-corrected chi connectivity index (χ4v) is 7.48. The summed E-state index contributed by atoms with van der Waals surface area (Å²) in [4.78, 5) is 2.46. The number of aryl methyl sites for hydroxylation is 1. The summed E-state index contributed by atoms with van der Waals surface area (Å²) in [7, 11) is 0. The number of nitrogens with zero attached hydrogens (tertiary/aromatic N) is 1. The normalized spacial score (nSPS) is 12.2. The third-order valence-electron chi connectivity index (χ3n) is 9.77. The number of hydrogen-bond donors (Lipinski definition) is 0. The predicted octanol–water partition coefficient (Wildman–Crippen LogP) is 12.6. The second kappa shape index (κ2) is 11.2. The summed E-state index contributed by atoms with van der Waals surface area (Å²) in [5, 5.41) is 5.08. The molecular formula is C46H33N. The van der Waals surface area contributed by atoms with Crippen molar-refractivity contribution >= 4 is 32.9 Å². The molecule has 0 fully saturated rings. The molecule has 0 radical (unpaired) electrons. The van der Waals surface area contributed by atoms with Crippen LogP contribution in [0.15, 0.2) is 170 Å². The highest BCUT2D eigenvalue weighted by atomic mass is 15.1. The molecule has 1 heterocycles. The molecule has 1 nitrogen and oxygen atoms in total. The summed E-state index contributed by atoms with van der Waals surface area (Å²) < 4.78 is 0. The molecule has 1 heteroatoms. The maximum atomic E-state index is 2.46. The maximum absolute atomic E-state index is 2.46. The van der Waals surface area contributed by atoms with Crippen molar-refractivity contribution in [3.05, 3.63) is 181 Å². The summed E-state index contributed by atoms with van der Waals surface area (Å²) in [6, 6.07) is 62.4. The van der Waals surface area contributed by atoms with Gasteiger partial charge in [0.2, 0.25) is 0 Å². The molecule has 0 saturated heterocycles. The molecule has 0 spiro atoms. The highest BCUT2D eigenvalue weighted by molar-refractivity contribution is 6.21. The minimum atomic E-state index is 0.856. The van der Waals surface area contributed by atoms with E-state index in [1.54, 1.807) is 0 Å². The molecule has 1 aliphatic heterocycles. The molecule has 8 aromatic carbocycles. The molecule has 0 atom stereocenters. The zero-order valence-electron chi connectivity index (χ0n) is 26.3. The van der Waals surface area contributed by atoms with Gasteiger partial charge in [-0.15, -0.1) is 0 Å². The van der Waals surface area contributed by atoms with Crippen molar-refractivity contribution in [2.75, 3.05) is 4.90 Å². The average molecular weight is 600 g/mol. The fraction of sp³-hybridized carbons (Fsp3) is 0.0435. The van der Waals surface area contributed by atoms with E-state index >= 15 is 0 Å². The first kappa shape index (κ1) is 27.4. The van der Waals surface area contributed by atoms with E-state index in [2.05, 4.69) is 182 Å². The molecule has 8 aromatic rings. The molecule has 0 aliphatic carbocycles. The Morgan fingerprint density at radius 2 is 0.915 bits per heavy atom. The van der Waals surface area contributed by atoms with Crippen LogP contribution in [0.4, 0.5) is 11.4 Å². The van der Waals surface area contributed by atoms with Crippen molar-refractivity contribution in [1.82, 2.24) is 0 Å². The van der Waals surface area contributed by atoms with Crippen LogP contribution >= 0.6 is 0 Å². The standard InChI is InChI=1S/C46H33N/c1-31-19-26-37(27-20-31)47-30-36-13-5-6-14-38(36)43-29-35(25-28-44(43)47)46-41-17-9-7-15-39(41)45(40-16-8-10-18-42(40)46)34-23-21-33(22-24-34)32-11-3-2-4-12-32/h2-29H,30H2,1H3. The average Bonchev–Trinajstić information content (AvgIpc) is 3.14. The van der Waals surface area contributed by atoms with Gasteiger partial charge < -0.3 is 4.90 Å². The predicted molar refractivity (Wildman–Crippen MR) is 200 cm³/mol. The molecule has 1 aliphatic rings. The molecular weight excluding hydrogens is 567 g/mol. The van der Waals surface area contributed by atoms with Crippen LogP contribution in [-0.2, 0) is 6.54 Å². The summed E-state index contributed by atoms with van der Waals surface area (Å²) in [5.74, 6) is 0. The van der Waals surface area contributed by atoms with Crippen LogP contribution in [0.2, 0.25) is 0 Å². The number of fused-ring (bicyclic) bond motifs is 5. The van der Waals surface area contributed by atoms with E-state index in [9.17, 15) is 0 Å². The van der Waals surface area contributed by atoms with E-state index in [4.69, 9.17) is 0 Å². The summed E-state index contributed by atoms with van der Waals surface area (Å²) in [5.41, 5.74) is 15.2. The Balaban J connectivity index is 1.26. The highest BCUT2D eigenvalue weighted by Gasteiger charge is 2.25. The van der Waals surface area contributed by atoms with Gasteiger partial charge in [0.15, 0.2) is 0 Å². The SMILES string of the molecule is Cc1ccc(N2Cc3ccccc3-c3cc(-c4c5ccccc5c(-c5ccc(-c6ccccc6)cc5)c5ccccc45)ccc32)cc1. The van der Waals surface area contributed by atoms with Gasteiger partial charge in [-0.25, -0.2) is 0 Å². The van der Waals surface area contributed by atoms with Crippen molar-refractivity contribution in [3.8, 4) is 44.5 Å². The van der Waals surface area contributed by atoms with E-state index in [1.165, 1.54) is 88.6 Å². The molecule has 9 rings (SSSR count). The lowest BCUT2D eigenvalue weighted by Crippen LogP contribution is -2.21. The van der Waals surface area contributed by atoms with Crippen LogP contribution in [0.5, 0.6) is 0 Å². The lowest BCUT2D eigenvalue weighted by atomic mass is 9.84. The zero-order chi connectivity index (χ0) is 31.3. The third-order valence-corrected chi connectivity index (χ3v) is 9.77. The second-order valence-electron chi connectivity index (χ2n) is 12.6. The molecule has 0 unspecified atom stereocenters. The quantitative estimate of drug-likeness (QED) is 0.182. The van der Waals surface area contributed by atoms with Crippen molar-refractivity contribution < 1.29 is 0 Å². The molecule has 222 valence electrons. The van der Waals surface area contributed by atoms with Gasteiger partial charge in [0, 0.05) is 23.5 Å². The van der Waals surface area contributed by atoms with Gasteiger partial charge >= 0.3 is 0 Å². The van der Waals surface area contributed by atoms with Crippen LogP contribution in [-0.4, -0.2) is 0 Å². The van der Waals surface area contributed by atoms with E-state index in [1.807, 2.05) is 0 Å². The lowest BCUT2D eigenvalue weighted by molar-refractivity contribution is 0.961. The Morgan fingerprint density at radius 3 is 1.57 bits per heavy atom. The third kappa shape index (κ3) is 4.63. The van der Waals surface area contributed by atoms with E-state index < -0.39 is 0 Å². The van der Waals surface area contributed by atoms with Gasteiger partial charge in [0.05, 0.1) is 0 Å². The van der Waals surface area contributed by atoms with Crippen molar-refractivity contribution in [2.24, 2.45) is 0 Å². The van der Waals surface area contributed by atoms with E-state index in [0.29, 0.717) is 0 Å². The number of hydrogen-bond acceptors (Lipinski definition) is 1. The minimum absolute atomic E-state index is 0.856. The van der Waals surface area contributed by atoms with Crippen molar-refractivity contribution in [2.45, 2.75) is 13.5 Å². The van der Waals surface area contributed by atoms with Gasteiger partial charge in [-0.2, -0.15) is 0 Å². The van der Waals surface area contributed by atoms with Gasteiger partial charge in [0.1, 0.15) is 0 Å². The van der Waals surface area contributed by atoms with Gasteiger partial charge in [-0.3, -0.25) is 0 Å². The number of rotatable bonds is 4. The largest absolute Gasteiger partial charge is 0.336 e. The van der Waals surface area contributed by atoms with Crippen LogP contribution < -0.4 is 4.90 Å². The van der Waals surface area contributed by atoms with E-state index in [-0.39, 0.29) is 0 Å². The first-order valence-corrected chi connectivity index (χ1v) is 16.4. The lowest BCUT2D eigenvalue weighted by Gasteiger charge is -2.33. The van der Waals surface area contributed by atoms with Crippen LogP contribution in [0.3, 0.4) is 0 Å². The Kier molecular flexibility index (Phi) is 6.50. The Labute approximate surface area is 276 Å². The van der Waals surface area contributed by atoms with Crippen LogP contribution in [0, 0.1) is 6.92 Å². The van der Waals surface area contributed by atoms with E-state index in [0.717, 1.165) is 6.54 Å². The Morgan fingerprint density at radius 1 is 0.404 bits per heavy atom. The Bertz CT molecular complexity index is 2360. The monoisotopic (exact) mass is 599 g/mol. The van der Waals surface area contributed by atoms with Crippen LogP contribution in [0.1, 0.15) is 11.1 Å². The smallest absolute Gasteiger partial charge is 0.0494 e. The van der Waals surface area contributed by atoms with Gasteiger partial charge in [-0.1, -0.05) is 151 Å². The first-order valence-electron chi connectivity index (χ1n) is 16.4. The maximum Gasteiger partial charge on any atom is 0.0494 e. The topological polar surface area (TPSA) is 3.24 Å². The summed E-state index contributed by atoms with van der Waals surface area (Å²) in [6.45, 7) is 3.00. The molecule has 0 saturated carbocycles.